The summed E-state index contributed by atoms with van der Waals surface area (Å²) in [5, 5.41) is 6.27. The minimum Gasteiger partial charge on any atom is -0.493 e. The Balaban J connectivity index is 1.39. The van der Waals surface area contributed by atoms with E-state index < -0.39 is 6.04 Å². The maximum atomic E-state index is 14.6. The highest BCUT2D eigenvalue weighted by molar-refractivity contribution is 6.02. The van der Waals surface area contributed by atoms with Crippen molar-refractivity contribution in [3.05, 3.63) is 70.7 Å². The minimum absolute atomic E-state index is 0.0993. The van der Waals surface area contributed by atoms with E-state index in [1.165, 1.54) is 11.6 Å². The van der Waals surface area contributed by atoms with Crippen LogP contribution in [0, 0.1) is 5.82 Å². The van der Waals surface area contributed by atoms with Crippen molar-refractivity contribution in [2.24, 2.45) is 9.98 Å². The van der Waals surface area contributed by atoms with Crippen LogP contribution < -0.4 is 15.4 Å². The number of benzene rings is 2. The van der Waals surface area contributed by atoms with Gasteiger partial charge in [0.15, 0.2) is 6.04 Å². The van der Waals surface area contributed by atoms with E-state index in [0.717, 1.165) is 28.9 Å². The van der Waals surface area contributed by atoms with Crippen molar-refractivity contribution < 1.29 is 13.9 Å². The Morgan fingerprint density at radius 2 is 2.12 bits per heavy atom. The molecular weight excluding hydrogens is 409 g/mol. The van der Waals surface area contributed by atoms with Gasteiger partial charge in [-0.15, -0.1) is 0 Å². The fourth-order valence-corrected chi connectivity index (χ4v) is 4.92. The lowest BCUT2D eigenvalue weighted by atomic mass is 9.89. The van der Waals surface area contributed by atoms with Crippen molar-refractivity contribution in [3.8, 4) is 5.75 Å². The number of guanidine groups is 1. The van der Waals surface area contributed by atoms with E-state index in [4.69, 9.17) is 4.74 Å². The SMILES string of the molecule is O=C1NCCc2ccccc2C2=CNC(=NCc3c(F)ccc4c3CCO4)N3C=NC1C23. The van der Waals surface area contributed by atoms with Crippen LogP contribution in [0.25, 0.3) is 5.57 Å². The zero-order chi connectivity index (χ0) is 21.7. The number of aliphatic imine (C=N–C) groups is 2. The van der Waals surface area contributed by atoms with Crippen LogP contribution in [0.4, 0.5) is 4.39 Å². The molecule has 2 N–H and O–H groups in total. The van der Waals surface area contributed by atoms with E-state index in [-0.39, 0.29) is 24.3 Å². The average molecular weight is 431 g/mol. The van der Waals surface area contributed by atoms with Gasteiger partial charge in [0.25, 0.3) is 0 Å². The van der Waals surface area contributed by atoms with Crippen molar-refractivity contribution >= 4 is 23.8 Å². The quantitative estimate of drug-likeness (QED) is 0.763. The number of carbonyl (C=O) groups excluding carboxylic acids is 1. The zero-order valence-electron chi connectivity index (χ0n) is 17.3. The largest absolute Gasteiger partial charge is 0.493 e. The van der Waals surface area contributed by atoms with Crippen LogP contribution in [-0.2, 0) is 24.2 Å². The van der Waals surface area contributed by atoms with Gasteiger partial charge in [-0.25, -0.2) is 9.38 Å². The standard InChI is InChI=1S/C24H22FN5O2/c25-19-5-6-20-16(8-10-32-20)17(19)11-27-24-28-12-18-15-4-2-1-3-14(15)7-9-26-23(31)21-22(18)30(24)13-29-21/h1-6,12-13,21-22H,7-11H2,(H,26,31)(H,27,28). The van der Waals surface area contributed by atoms with E-state index in [0.29, 0.717) is 31.1 Å². The van der Waals surface area contributed by atoms with Crippen LogP contribution in [0.15, 0.2) is 52.6 Å². The predicted molar refractivity (Wildman–Crippen MR) is 119 cm³/mol. The van der Waals surface area contributed by atoms with E-state index >= 15 is 0 Å². The number of nitrogens with zero attached hydrogens (tertiary/aromatic N) is 3. The molecule has 6 rings (SSSR count). The maximum Gasteiger partial charge on any atom is 0.247 e. The molecule has 0 radical (unpaired) electrons. The number of rotatable bonds is 2. The van der Waals surface area contributed by atoms with Crippen molar-refractivity contribution in [1.82, 2.24) is 15.5 Å². The molecule has 0 aromatic heterocycles. The molecule has 2 aromatic rings. The normalized spacial score (nSPS) is 24.3. The van der Waals surface area contributed by atoms with Crippen LogP contribution in [0.2, 0.25) is 0 Å². The summed E-state index contributed by atoms with van der Waals surface area (Å²) < 4.78 is 20.1. The number of fused-ring (bicyclic) bond motifs is 3. The number of nitrogens with one attached hydrogen (secondary N) is 2. The van der Waals surface area contributed by atoms with Crippen LogP contribution in [0.3, 0.4) is 0 Å². The minimum atomic E-state index is -0.564. The summed E-state index contributed by atoms with van der Waals surface area (Å²) >= 11 is 0. The molecule has 4 aliphatic rings. The summed E-state index contributed by atoms with van der Waals surface area (Å²) in [5.41, 5.74) is 4.71. The first-order valence-electron chi connectivity index (χ1n) is 10.8. The summed E-state index contributed by atoms with van der Waals surface area (Å²) in [6.45, 7) is 1.30. The number of hydrogen-bond donors (Lipinski definition) is 2. The first kappa shape index (κ1) is 19.0. The van der Waals surface area contributed by atoms with E-state index in [2.05, 4.69) is 32.8 Å². The third-order valence-corrected chi connectivity index (χ3v) is 6.49. The number of amides is 1. The lowest BCUT2D eigenvalue weighted by molar-refractivity contribution is -0.122. The van der Waals surface area contributed by atoms with Gasteiger partial charge < -0.3 is 15.4 Å². The molecule has 2 unspecified atom stereocenters. The van der Waals surface area contributed by atoms with Gasteiger partial charge in [0.1, 0.15) is 11.6 Å². The molecule has 1 amide bonds. The highest BCUT2D eigenvalue weighted by atomic mass is 19.1. The van der Waals surface area contributed by atoms with Crippen LogP contribution >= 0.6 is 0 Å². The maximum absolute atomic E-state index is 14.6. The molecule has 0 aliphatic carbocycles. The van der Waals surface area contributed by atoms with Crippen molar-refractivity contribution in [2.45, 2.75) is 31.5 Å². The van der Waals surface area contributed by atoms with Gasteiger partial charge in [-0.05, 0) is 29.7 Å². The molecule has 4 heterocycles. The fourth-order valence-electron chi connectivity index (χ4n) is 4.92. The molecule has 2 aromatic carbocycles. The van der Waals surface area contributed by atoms with E-state index in [1.54, 1.807) is 12.4 Å². The van der Waals surface area contributed by atoms with E-state index in [1.807, 2.05) is 23.2 Å². The molecule has 0 saturated carbocycles. The first-order chi connectivity index (χ1) is 15.7. The number of carbonyl (C=O) groups is 1. The third-order valence-electron chi connectivity index (χ3n) is 6.49. The number of halogens is 1. The Hall–Kier alpha value is -3.68. The van der Waals surface area contributed by atoms with Crippen LogP contribution in [0.5, 0.6) is 5.75 Å². The second-order valence-electron chi connectivity index (χ2n) is 8.24. The Labute approximate surface area is 184 Å². The molecular formula is C24H22FN5O2. The number of hydrogen-bond acceptors (Lipinski definition) is 4. The molecule has 0 fully saturated rings. The third kappa shape index (κ3) is 2.97. The fraction of sp³-hybridized carbons (Fsp3) is 0.292. The molecule has 8 heteroatoms. The van der Waals surface area contributed by atoms with Gasteiger partial charge in [0.2, 0.25) is 11.9 Å². The molecule has 0 spiro atoms. The second-order valence-corrected chi connectivity index (χ2v) is 8.24. The first-order valence-corrected chi connectivity index (χ1v) is 10.8. The Bertz CT molecular complexity index is 1200. The highest BCUT2D eigenvalue weighted by Crippen LogP contribution is 2.34. The molecule has 7 nitrogen and oxygen atoms in total. The van der Waals surface area contributed by atoms with Crippen molar-refractivity contribution in [3.63, 3.8) is 0 Å². The highest BCUT2D eigenvalue weighted by Gasteiger charge is 2.43. The topological polar surface area (TPSA) is 78.3 Å². The zero-order valence-corrected chi connectivity index (χ0v) is 17.3. The lowest BCUT2D eigenvalue weighted by Gasteiger charge is -2.34. The van der Waals surface area contributed by atoms with Crippen molar-refractivity contribution in [2.75, 3.05) is 13.2 Å². The lowest BCUT2D eigenvalue weighted by Crippen LogP contribution is -2.53. The van der Waals surface area contributed by atoms with Crippen molar-refractivity contribution in [1.29, 1.82) is 0 Å². The molecule has 2 atom stereocenters. The average Bonchev–Trinajstić information content (AvgIpc) is 3.46. The summed E-state index contributed by atoms with van der Waals surface area (Å²) in [5.74, 6) is 0.894. The van der Waals surface area contributed by atoms with E-state index in [9.17, 15) is 9.18 Å². The van der Waals surface area contributed by atoms with Gasteiger partial charge in [-0.1, -0.05) is 24.3 Å². The Kier molecular flexibility index (Phi) is 4.45. The number of ether oxygens (including phenoxy) is 1. The molecule has 4 aliphatic heterocycles. The van der Waals surface area contributed by atoms with Crippen LogP contribution in [0.1, 0.15) is 22.3 Å². The van der Waals surface area contributed by atoms with Crippen LogP contribution in [-0.4, -0.2) is 48.3 Å². The summed E-state index contributed by atoms with van der Waals surface area (Å²) in [6, 6.07) is 10.4. The molecule has 0 saturated heterocycles. The van der Waals surface area contributed by atoms with Gasteiger partial charge >= 0.3 is 0 Å². The molecule has 32 heavy (non-hydrogen) atoms. The summed E-state index contributed by atoms with van der Waals surface area (Å²) in [7, 11) is 0. The predicted octanol–water partition coefficient (Wildman–Crippen LogP) is 2.01. The smallest absolute Gasteiger partial charge is 0.247 e. The van der Waals surface area contributed by atoms with Gasteiger partial charge in [0, 0.05) is 35.9 Å². The Morgan fingerprint density at radius 1 is 1.22 bits per heavy atom. The molecule has 162 valence electrons. The second kappa shape index (κ2) is 7.47. The summed E-state index contributed by atoms with van der Waals surface area (Å²) in [4.78, 5) is 23.9. The van der Waals surface area contributed by atoms with Gasteiger partial charge in [0.05, 0.1) is 25.5 Å². The van der Waals surface area contributed by atoms with Gasteiger partial charge in [-0.2, -0.15) is 0 Å². The van der Waals surface area contributed by atoms with Gasteiger partial charge in [-0.3, -0.25) is 14.7 Å². The summed E-state index contributed by atoms with van der Waals surface area (Å²) in [6.07, 6.45) is 5.00. The monoisotopic (exact) mass is 431 g/mol. The molecule has 0 bridgehead atoms. The Morgan fingerprint density at radius 3 is 3.06 bits per heavy atom.